The predicted octanol–water partition coefficient (Wildman–Crippen LogP) is 4.22. The molecule has 0 radical (unpaired) electrons. The lowest BCUT2D eigenvalue weighted by molar-refractivity contribution is -0.122. The number of carboxylic acids is 1. The topological polar surface area (TPSA) is 125 Å². The maximum atomic E-state index is 12.8. The minimum Gasteiger partial charge on any atom is -0.507 e. The van der Waals surface area contributed by atoms with Crippen LogP contribution in [-0.2, 0) is 9.59 Å². The fraction of sp³-hybridized carbons (Fsp3) is 0.250. The van der Waals surface area contributed by atoms with Crippen molar-refractivity contribution in [3.05, 3.63) is 52.4 Å². The summed E-state index contributed by atoms with van der Waals surface area (Å²) in [5.41, 5.74) is 0.848. The van der Waals surface area contributed by atoms with E-state index in [4.69, 9.17) is 26.8 Å². The van der Waals surface area contributed by atoms with Crippen molar-refractivity contribution in [3.8, 4) is 17.2 Å². The molecule has 0 atom stereocenters. The van der Waals surface area contributed by atoms with Crippen LogP contribution in [0.25, 0.3) is 6.08 Å². The predicted molar refractivity (Wildman–Crippen MR) is 135 cm³/mol. The van der Waals surface area contributed by atoms with Gasteiger partial charge in [0.25, 0.3) is 5.91 Å². The van der Waals surface area contributed by atoms with Gasteiger partial charge in [0.05, 0.1) is 4.91 Å². The van der Waals surface area contributed by atoms with Gasteiger partial charge in [-0.15, -0.1) is 0 Å². The number of aromatic carboxylic acids is 1. The number of benzene rings is 2. The van der Waals surface area contributed by atoms with Crippen molar-refractivity contribution < 1.29 is 34.1 Å². The van der Waals surface area contributed by atoms with Crippen LogP contribution in [-0.4, -0.2) is 50.6 Å². The molecule has 0 bridgehead atoms. The largest absolute Gasteiger partial charge is 0.507 e. The smallest absolute Gasteiger partial charge is 0.339 e. The second-order valence-electron chi connectivity index (χ2n) is 7.84. The molecule has 2 aliphatic heterocycles. The summed E-state index contributed by atoms with van der Waals surface area (Å²) < 4.78 is 11.2. The van der Waals surface area contributed by atoms with E-state index in [0.29, 0.717) is 52.2 Å². The van der Waals surface area contributed by atoms with Crippen LogP contribution in [0.1, 0.15) is 41.6 Å². The number of ether oxygens (including phenoxy) is 2. The molecule has 3 N–H and O–H groups in total. The Labute approximate surface area is 210 Å². The van der Waals surface area contributed by atoms with E-state index in [1.54, 1.807) is 17.0 Å². The number of carbonyl (C=O) groups is 3. The van der Waals surface area contributed by atoms with E-state index in [1.807, 2.05) is 12.1 Å². The second-order valence-corrected chi connectivity index (χ2v) is 9.52. The Morgan fingerprint density at radius 1 is 1.11 bits per heavy atom. The summed E-state index contributed by atoms with van der Waals surface area (Å²) in [7, 11) is 0. The van der Waals surface area contributed by atoms with E-state index in [9.17, 15) is 19.5 Å². The molecule has 0 saturated carbocycles. The number of fused-ring (bicyclic) bond motifs is 1. The maximum Gasteiger partial charge on any atom is 0.339 e. The number of anilines is 1. The zero-order valence-corrected chi connectivity index (χ0v) is 20.1. The molecule has 0 unspecified atom stereocenters. The highest BCUT2D eigenvalue weighted by molar-refractivity contribution is 8.26. The fourth-order valence-corrected chi connectivity index (χ4v) is 4.90. The Kier molecular flexibility index (Phi) is 7.57. The molecule has 0 spiro atoms. The second kappa shape index (κ2) is 10.8. The Bertz CT molecular complexity index is 1230. The van der Waals surface area contributed by atoms with Crippen LogP contribution in [0.3, 0.4) is 0 Å². The normalized spacial score (nSPS) is 15.7. The van der Waals surface area contributed by atoms with Gasteiger partial charge in [0.15, 0.2) is 11.5 Å². The standard InChI is InChI=1S/C24H22N2O7S2/c27-17-7-6-15(12-16(17)23(30)31)25-21(28)4-2-1-3-9-26-22(29)20(35-24(26)34)11-14-5-8-18-19(10-14)33-13-32-18/h5-8,10-12,27H,1-4,9,13H2,(H,25,28)(H,30,31). The fourth-order valence-electron chi connectivity index (χ4n) is 3.59. The van der Waals surface area contributed by atoms with Gasteiger partial charge in [0.2, 0.25) is 12.7 Å². The third-order valence-electron chi connectivity index (χ3n) is 5.36. The lowest BCUT2D eigenvalue weighted by Gasteiger charge is -2.14. The van der Waals surface area contributed by atoms with Gasteiger partial charge in [-0.25, -0.2) is 4.79 Å². The Balaban J connectivity index is 1.22. The molecule has 9 nitrogen and oxygen atoms in total. The number of thioether (sulfide) groups is 1. The van der Waals surface area contributed by atoms with Gasteiger partial charge < -0.3 is 25.0 Å². The Morgan fingerprint density at radius 2 is 1.91 bits per heavy atom. The first-order valence-corrected chi connectivity index (χ1v) is 12.1. The molecule has 0 aliphatic carbocycles. The van der Waals surface area contributed by atoms with Crippen LogP contribution in [0.2, 0.25) is 0 Å². The zero-order valence-electron chi connectivity index (χ0n) is 18.5. The van der Waals surface area contributed by atoms with E-state index in [2.05, 4.69) is 5.32 Å². The Morgan fingerprint density at radius 3 is 2.71 bits per heavy atom. The number of unbranched alkanes of at least 4 members (excludes halogenated alkanes) is 2. The number of carbonyl (C=O) groups excluding carboxylic acids is 2. The SMILES string of the molecule is O=C(CCCCCN1C(=O)C(=Cc2ccc3c(c2)OCO3)SC1=S)Nc1ccc(O)c(C(=O)O)c1. The molecule has 182 valence electrons. The summed E-state index contributed by atoms with van der Waals surface area (Å²) in [5.74, 6) is -0.722. The summed E-state index contributed by atoms with van der Waals surface area (Å²) in [4.78, 5) is 38.2. The highest BCUT2D eigenvalue weighted by Crippen LogP contribution is 2.36. The molecular weight excluding hydrogens is 492 g/mol. The first kappa shape index (κ1) is 24.6. The molecule has 2 heterocycles. The van der Waals surface area contributed by atoms with Gasteiger partial charge in [0, 0.05) is 18.7 Å². The average molecular weight is 515 g/mol. The minimum absolute atomic E-state index is 0.142. The minimum atomic E-state index is -1.28. The number of phenols is 1. The molecule has 4 rings (SSSR count). The van der Waals surface area contributed by atoms with Crippen molar-refractivity contribution >= 4 is 57.8 Å². The van der Waals surface area contributed by atoms with Crippen molar-refractivity contribution in [3.63, 3.8) is 0 Å². The van der Waals surface area contributed by atoms with E-state index in [-0.39, 0.29) is 36.3 Å². The molecule has 11 heteroatoms. The van der Waals surface area contributed by atoms with Crippen LogP contribution in [0.15, 0.2) is 41.3 Å². The number of nitrogens with one attached hydrogen (secondary N) is 1. The molecule has 2 amide bonds. The number of amides is 2. The van der Waals surface area contributed by atoms with Crippen LogP contribution in [0, 0.1) is 0 Å². The lowest BCUT2D eigenvalue weighted by atomic mass is 10.1. The van der Waals surface area contributed by atoms with E-state index < -0.39 is 5.97 Å². The quantitative estimate of drug-likeness (QED) is 0.195. The third kappa shape index (κ3) is 5.92. The monoisotopic (exact) mass is 514 g/mol. The number of hydrogen-bond acceptors (Lipinski definition) is 8. The van der Waals surface area contributed by atoms with Gasteiger partial charge in [-0.3, -0.25) is 14.5 Å². The first-order chi connectivity index (χ1) is 16.8. The summed E-state index contributed by atoms with van der Waals surface area (Å²) in [6, 6.07) is 9.35. The van der Waals surface area contributed by atoms with Gasteiger partial charge in [-0.05, 0) is 54.8 Å². The van der Waals surface area contributed by atoms with Gasteiger partial charge in [-0.1, -0.05) is 36.5 Å². The Hall–Kier alpha value is -3.57. The van der Waals surface area contributed by atoms with Crippen molar-refractivity contribution in [2.75, 3.05) is 18.7 Å². The number of rotatable bonds is 9. The van der Waals surface area contributed by atoms with E-state index >= 15 is 0 Å². The zero-order chi connectivity index (χ0) is 24.9. The van der Waals surface area contributed by atoms with E-state index in [1.165, 1.54) is 30.0 Å². The summed E-state index contributed by atoms with van der Waals surface area (Å²) >= 11 is 6.64. The van der Waals surface area contributed by atoms with Gasteiger partial charge >= 0.3 is 5.97 Å². The summed E-state index contributed by atoms with van der Waals surface area (Å²) in [6.45, 7) is 0.649. The van der Waals surface area contributed by atoms with Crippen molar-refractivity contribution in [1.29, 1.82) is 0 Å². The lowest BCUT2D eigenvalue weighted by Crippen LogP contribution is -2.29. The molecule has 35 heavy (non-hydrogen) atoms. The molecule has 2 aromatic carbocycles. The van der Waals surface area contributed by atoms with Crippen LogP contribution >= 0.6 is 24.0 Å². The highest BCUT2D eigenvalue weighted by atomic mass is 32.2. The molecule has 0 aromatic heterocycles. The van der Waals surface area contributed by atoms with Crippen molar-refractivity contribution in [2.24, 2.45) is 0 Å². The third-order valence-corrected chi connectivity index (χ3v) is 6.74. The maximum absolute atomic E-state index is 12.8. The molecule has 1 fully saturated rings. The van der Waals surface area contributed by atoms with Crippen molar-refractivity contribution in [2.45, 2.75) is 25.7 Å². The highest BCUT2D eigenvalue weighted by Gasteiger charge is 2.31. The van der Waals surface area contributed by atoms with E-state index in [0.717, 1.165) is 5.56 Å². The van der Waals surface area contributed by atoms with Gasteiger partial charge in [0.1, 0.15) is 15.6 Å². The number of nitrogens with zero attached hydrogens (tertiary/aromatic N) is 1. The molecule has 2 aromatic rings. The first-order valence-electron chi connectivity index (χ1n) is 10.8. The number of carboxylic acid groups (broad SMARTS) is 1. The number of hydrogen-bond donors (Lipinski definition) is 3. The molecule has 2 aliphatic rings. The average Bonchev–Trinajstić information content (AvgIpc) is 3.39. The summed E-state index contributed by atoms with van der Waals surface area (Å²) in [5, 5.41) is 21.2. The summed E-state index contributed by atoms with van der Waals surface area (Å²) in [6.07, 6.45) is 4.01. The van der Waals surface area contributed by atoms with Crippen LogP contribution in [0.5, 0.6) is 17.2 Å². The van der Waals surface area contributed by atoms with Gasteiger partial charge in [-0.2, -0.15) is 0 Å². The molecular formula is C24H22N2O7S2. The number of thiocarbonyl (C=S) groups is 1. The van der Waals surface area contributed by atoms with Crippen LogP contribution in [0.4, 0.5) is 5.69 Å². The van der Waals surface area contributed by atoms with Crippen LogP contribution < -0.4 is 14.8 Å². The van der Waals surface area contributed by atoms with Crippen molar-refractivity contribution in [1.82, 2.24) is 4.90 Å². The number of aromatic hydroxyl groups is 1. The molecule has 1 saturated heterocycles.